The molecule has 2 aromatic rings. The van der Waals surface area contributed by atoms with Crippen LogP contribution in [0, 0.1) is 5.92 Å². The minimum absolute atomic E-state index is 0.0310. The molecule has 39 heavy (non-hydrogen) atoms. The van der Waals surface area contributed by atoms with Gasteiger partial charge in [0.1, 0.15) is 4.21 Å². The number of alkyl halides is 3. The van der Waals surface area contributed by atoms with Gasteiger partial charge >= 0.3 is 6.18 Å². The lowest BCUT2D eigenvalue weighted by molar-refractivity contribution is -0.259. The number of sulfonamides is 1. The molecule has 3 saturated heterocycles. The number of hydrogen-bond donors (Lipinski definition) is 2. The molecule has 0 aromatic carbocycles. The quantitative estimate of drug-likeness (QED) is 0.517. The molecule has 2 unspecified atom stereocenters. The zero-order valence-corrected chi connectivity index (χ0v) is 23.2. The van der Waals surface area contributed by atoms with E-state index in [1.54, 1.807) is 22.4 Å². The zero-order chi connectivity index (χ0) is 28.2. The Balaban J connectivity index is 1.45. The van der Waals surface area contributed by atoms with Crippen LogP contribution in [0.1, 0.15) is 25.8 Å². The number of thiophene rings is 1. The molecule has 10 nitrogen and oxygen atoms in total. The molecule has 2 N–H and O–H groups in total. The second kappa shape index (κ2) is 10.5. The van der Waals surface area contributed by atoms with Crippen molar-refractivity contribution >= 4 is 27.3 Å². The van der Waals surface area contributed by atoms with Crippen molar-refractivity contribution in [2.45, 2.75) is 60.5 Å². The minimum atomic E-state index is -4.91. The summed E-state index contributed by atoms with van der Waals surface area (Å²) in [6.45, 7) is 4.37. The van der Waals surface area contributed by atoms with E-state index in [0.717, 1.165) is 23.7 Å². The second-order valence-corrected chi connectivity index (χ2v) is 13.7. The first-order valence-corrected chi connectivity index (χ1v) is 15.1. The van der Waals surface area contributed by atoms with Crippen LogP contribution in [-0.2, 0) is 20.4 Å². The first-order chi connectivity index (χ1) is 18.3. The molecule has 15 heteroatoms. The Labute approximate surface area is 229 Å². The summed E-state index contributed by atoms with van der Waals surface area (Å²) in [6.07, 6.45) is -2.95. The molecule has 3 fully saturated rings. The Kier molecular flexibility index (Phi) is 7.72. The molecule has 2 bridgehead atoms. The molecule has 0 amide bonds. The Morgan fingerprint density at radius 1 is 1.18 bits per heavy atom. The van der Waals surface area contributed by atoms with E-state index < -0.39 is 39.5 Å². The van der Waals surface area contributed by atoms with E-state index in [1.807, 2.05) is 6.92 Å². The summed E-state index contributed by atoms with van der Waals surface area (Å²) in [4.78, 5) is 12.3. The van der Waals surface area contributed by atoms with E-state index in [0.29, 0.717) is 33.1 Å². The highest BCUT2D eigenvalue weighted by atomic mass is 32.2. The Morgan fingerprint density at radius 2 is 1.87 bits per heavy atom. The highest BCUT2D eigenvalue weighted by Crippen LogP contribution is 2.38. The van der Waals surface area contributed by atoms with Crippen molar-refractivity contribution in [1.82, 2.24) is 19.2 Å². The lowest BCUT2D eigenvalue weighted by Crippen LogP contribution is -2.67. The van der Waals surface area contributed by atoms with Gasteiger partial charge in [-0.15, -0.1) is 11.3 Å². The van der Waals surface area contributed by atoms with Gasteiger partial charge in [-0.3, -0.25) is 4.90 Å². The molecule has 0 saturated carbocycles. The van der Waals surface area contributed by atoms with Crippen molar-refractivity contribution in [3.63, 3.8) is 0 Å². The molecule has 5 rings (SSSR count). The van der Waals surface area contributed by atoms with Gasteiger partial charge < -0.3 is 19.8 Å². The molecule has 3 aliphatic rings. The molecule has 5 heterocycles. The molecule has 3 aliphatic heterocycles. The maximum absolute atomic E-state index is 13.4. The van der Waals surface area contributed by atoms with E-state index in [1.165, 1.54) is 4.31 Å². The maximum Gasteiger partial charge on any atom is 0.421 e. The Morgan fingerprint density at radius 3 is 2.51 bits per heavy atom. The first-order valence-electron chi connectivity index (χ1n) is 12.7. The topological polar surface area (TPSA) is 119 Å². The van der Waals surface area contributed by atoms with Crippen LogP contribution in [0.3, 0.4) is 0 Å². The number of halogens is 3. The number of aromatic nitrogens is 2. The number of piperazine rings is 1. The van der Waals surface area contributed by atoms with E-state index in [2.05, 4.69) is 14.9 Å². The van der Waals surface area contributed by atoms with Gasteiger partial charge in [0.15, 0.2) is 5.60 Å². The lowest BCUT2D eigenvalue weighted by Gasteiger charge is -2.53. The van der Waals surface area contributed by atoms with Gasteiger partial charge in [-0.25, -0.2) is 18.4 Å². The average Bonchev–Trinajstić information content (AvgIpc) is 3.43. The van der Waals surface area contributed by atoms with Crippen molar-refractivity contribution in [3.8, 4) is 0 Å². The van der Waals surface area contributed by atoms with Crippen LogP contribution in [0.5, 0.6) is 0 Å². The highest BCUT2D eigenvalue weighted by molar-refractivity contribution is 7.91. The van der Waals surface area contributed by atoms with E-state index in [9.17, 15) is 31.8 Å². The van der Waals surface area contributed by atoms with Crippen molar-refractivity contribution < 1.29 is 36.5 Å². The third kappa shape index (κ3) is 5.29. The Bertz CT molecular complexity index is 1230. The average molecular weight is 592 g/mol. The Hall–Kier alpha value is -1.88. The lowest BCUT2D eigenvalue weighted by atomic mass is 9.83. The number of ether oxygens (including phenoxy) is 1. The van der Waals surface area contributed by atoms with Crippen LogP contribution in [0.2, 0.25) is 0 Å². The molecule has 0 spiro atoms. The van der Waals surface area contributed by atoms with Crippen molar-refractivity contribution in [3.05, 3.63) is 35.5 Å². The van der Waals surface area contributed by atoms with Crippen molar-refractivity contribution in [2.24, 2.45) is 5.92 Å². The van der Waals surface area contributed by atoms with Crippen LogP contribution in [0.25, 0.3) is 0 Å². The number of aliphatic hydroxyl groups is 2. The van der Waals surface area contributed by atoms with E-state index >= 15 is 0 Å². The van der Waals surface area contributed by atoms with Crippen LogP contribution in [0.4, 0.5) is 19.1 Å². The number of hydrogen-bond acceptors (Lipinski definition) is 10. The first kappa shape index (κ1) is 28.6. The normalized spacial score (nSPS) is 30.7. The fraction of sp³-hybridized carbons (Fsp3) is 0.667. The summed E-state index contributed by atoms with van der Waals surface area (Å²) >= 11 is 1.13. The van der Waals surface area contributed by atoms with E-state index in [-0.39, 0.29) is 47.8 Å². The molecule has 2 aromatic heterocycles. The number of nitrogens with zero attached hydrogens (tertiary/aromatic N) is 5. The van der Waals surface area contributed by atoms with Gasteiger partial charge in [0.05, 0.1) is 31.4 Å². The summed E-state index contributed by atoms with van der Waals surface area (Å²) in [7, 11) is -3.75. The number of rotatable bonds is 6. The number of anilines is 1. The fourth-order valence-electron chi connectivity index (χ4n) is 5.67. The standard InChI is InChI=1S/C24H32F3N5O5S2/c1-15-8-20(33)19-14-37-13-18(15)32(19)12-17-11-30(39(35,36)21-4-3-7-38-21)5-6-31(17)22-28-9-16(10-29-22)23(2,34)24(25,26)27/h3-4,7,9-10,15,17-20,33-34H,5-6,8,11-14H2,1-2H3/t15-,17-,18-,19?,20?,23-/m1/s1. The highest BCUT2D eigenvalue weighted by Gasteiger charge is 2.52. The monoisotopic (exact) mass is 591 g/mol. The maximum atomic E-state index is 13.4. The number of piperidine rings is 1. The third-order valence-corrected chi connectivity index (χ3v) is 11.3. The molecular weight excluding hydrogens is 559 g/mol. The van der Waals surface area contributed by atoms with Crippen LogP contribution in [-0.4, -0.2) is 108 Å². The SMILES string of the molecule is C[C@@H]1CC(O)C2COC[C@H]1N2C[C@H]1CN(S(=O)(=O)c2cccs2)CCN1c1ncc([C@@](C)(O)C(F)(F)F)cn1. The smallest absolute Gasteiger partial charge is 0.391 e. The van der Waals surface area contributed by atoms with Gasteiger partial charge in [0.2, 0.25) is 5.95 Å². The fourth-order valence-corrected chi connectivity index (χ4v) is 8.28. The van der Waals surface area contributed by atoms with Crippen LogP contribution < -0.4 is 4.90 Å². The van der Waals surface area contributed by atoms with Crippen molar-refractivity contribution in [1.29, 1.82) is 0 Å². The minimum Gasteiger partial charge on any atom is -0.391 e. The zero-order valence-electron chi connectivity index (χ0n) is 21.5. The molecule has 0 radical (unpaired) electrons. The largest absolute Gasteiger partial charge is 0.421 e. The predicted molar refractivity (Wildman–Crippen MR) is 137 cm³/mol. The number of morpholine rings is 1. The third-order valence-electron chi connectivity index (χ3n) is 8.11. The number of fused-ring (bicyclic) bond motifs is 2. The van der Waals surface area contributed by atoms with Gasteiger partial charge in [-0.05, 0) is 30.7 Å². The summed E-state index contributed by atoms with van der Waals surface area (Å²) in [5.41, 5.74) is -3.61. The molecule has 6 atom stereocenters. The number of aliphatic hydroxyl groups excluding tert-OH is 1. The van der Waals surface area contributed by atoms with E-state index in [4.69, 9.17) is 4.74 Å². The second-order valence-electron chi connectivity index (χ2n) is 10.6. The summed E-state index contributed by atoms with van der Waals surface area (Å²) in [6, 6.07) is 2.55. The van der Waals surface area contributed by atoms with Gasteiger partial charge in [0.25, 0.3) is 10.0 Å². The van der Waals surface area contributed by atoms with Crippen molar-refractivity contribution in [2.75, 3.05) is 44.3 Å². The summed E-state index contributed by atoms with van der Waals surface area (Å²) in [5, 5.41) is 22.5. The predicted octanol–water partition coefficient (Wildman–Crippen LogP) is 1.66. The van der Waals surface area contributed by atoms with Crippen LogP contribution >= 0.6 is 11.3 Å². The molecule has 216 valence electrons. The molecule has 0 aliphatic carbocycles. The summed E-state index contributed by atoms with van der Waals surface area (Å²) < 4.78 is 74.1. The summed E-state index contributed by atoms with van der Waals surface area (Å²) in [5.74, 6) is 0.293. The van der Waals surface area contributed by atoms with Crippen LogP contribution in [0.15, 0.2) is 34.1 Å². The van der Waals surface area contributed by atoms with Gasteiger partial charge in [0, 0.05) is 50.2 Å². The van der Waals surface area contributed by atoms with Gasteiger partial charge in [-0.2, -0.15) is 17.5 Å². The molecular formula is C24H32F3N5O5S2. The van der Waals surface area contributed by atoms with Gasteiger partial charge in [-0.1, -0.05) is 13.0 Å².